The number of ether oxygens (including phenoxy) is 4. The third-order valence-corrected chi connectivity index (χ3v) is 9.50. The van der Waals surface area contributed by atoms with Gasteiger partial charge in [0.15, 0.2) is 12.3 Å². The minimum Gasteiger partial charge on any atom is -0.484 e. The van der Waals surface area contributed by atoms with Crippen molar-refractivity contribution in [3.63, 3.8) is 0 Å². The van der Waals surface area contributed by atoms with E-state index in [1.165, 1.54) is 43.1 Å². The molecule has 2 aromatic rings. The normalized spacial score (nSPS) is 32.5. The van der Waals surface area contributed by atoms with Gasteiger partial charge >= 0.3 is 5.97 Å². The van der Waals surface area contributed by atoms with Crippen molar-refractivity contribution in [3.8, 4) is 5.75 Å². The predicted octanol–water partition coefficient (Wildman–Crippen LogP) is 2.73. The molecule has 3 aliphatic heterocycles. The van der Waals surface area contributed by atoms with Crippen molar-refractivity contribution in [1.29, 1.82) is 0 Å². The fraction of sp³-hybridized carbons (Fsp3) is 0.417. The van der Waals surface area contributed by atoms with Gasteiger partial charge in [-0.05, 0) is 31.2 Å². The highest BCUT2D eigenvalue weighted by Gasteiger charge is 2.72. The summed E-state index contributed by atoms with van der Waals surface area (Å²) in [7, 11) is 1.40. The van der Waals surface area contributed by atoms with E-state index in [1.54, 1.807) is 29.2 Å². The summed E-state index contributed by atoms with van der Waals surface area (Å²) in [6, 6.07) is 13.8. The van der Waals surface area contributed by atoms with Crippen LogP contribution in [0.3, 0.4) is 0 Å². The molecule has 3 fully saturated rings. The van der Waals surface area contributed by atoms with Gasteiger partial charge in [0.2, 0.25) is 0 Å². The molecular weight excluding hydrogens is 570 g/mol. The van der Waals surface area contributed by atoms with Gasteiger partial charge in [-0.2, -0.15) is 0 Å². The van der Waals surface area contributed by atoms with E-state index in [0.29, 0.717) is 17.1 Å². The first-order chi connectivity index (χ1) is 17.6. The third-order valence-electron chi connectivity index (χ3n) is 6.66. The number of rotatable bonds is 7. The molecule has 37 heavy (non-hydrogen) atoms. The molecule has 13 heteroatoms. The highest BCUT2D eigenvalue weighted by atomic mass is 79.9. The van der Waals surface area contributed by atoms with Crippen LogP contribution in [-0.4, -0.2) is 69.2 Å². The lowest BCUT2D eigenvalue weighted by molar-refractivity contribution is -0.385. The van der Waals surface area contributed by atoms with Crippen LogP contribution in [0.5, 0.6) is 5.75 Å². The molecule has 5 rings (SSSR count). The summed E-state index contributed by atoms with van der Waals surface area (Å²) in [5.74, 6) is -1.33. The summed E-state index contributed by atoms with van der Waals surface area (Å²) in [4.78, 5) is 38.1. The minimum atomic E-state index is -1.69. The van der Waals surface area contributed by atoms with Crippen LogP contribution in [-0.2, 0) is 29.8 Å². The first-order valence-electron chi connectivity index (χ1n) is 11.4. The Bertz CT molecular complexity index is 1220. The topological polar surface area (TPSA) is 129 Å². The number of nitro benzene ring substituents is 1. The largest absolute Gasteiger partial charge is 0.484 e. The van der Waals surface area contributed by atoms with E-state index in [0.717, 1.165) is 0 Å². The predicted molar refractivity (Wildman–Crippen MR) is 136 cm³/mol. The van der Waals surface area contributed by atoms with Crippen LogP contribution < -0.4 is 10.1 Å². The molecule has 5 atom stereocenters. The van der Waals surface area contributed by atoms with Crippen LogP contribution in [0.4, 0.5) is 5.69 Å². The van der Waals surface area contributed by atoms with Crippen molar-refractivity contribution >= 4 is 45.2 Å². The Morgan fingerprint density at radius 3 is 2.62 bits per heavy atom. The molecule has 0 aromatic heterocycles. The number of carbonyl (C=O) groups is 2. The molecule has 2 amide bonds. The Balaban J connectivity index is 1.33. The van der Waals surface area contributed by atoms with Crippen molar-refractivity contribution in [3.05, 3.63) is 70.3 Å². The first kappa shape index (κ1) is 25.9. The zero-order valence-electron chi connectivity index (χ0n) is 19.9. The number of fused-ring (bicyclic) bond motifs is 2. The highest BCUT2D eigenvalue weighted by molar-refractivity contribution is 9.10. The van der Waals surface area contributed by atoms with Crippen LogP contribution in [0.25, 0.3) is 0 Å². The second-order valence-corrected chi connectivity index (χ2v) is 11.8. The number of benzene rings is 2. The van der Waals surface area contributed by atoms with Gasteiger partial charge in [0.1, 0.15) is 23.8 Å². The fourth-order valence-corrected chi connectivity index (χ4v) is 6.93. The number of hydrogen-bond donors (Lipinski definition) is 1. The van der Waals surface area contributed by atoms with Crippen molar-refractivity contribution in [1.82, 2.24) is 10.2 Å². The van der Waals surface area contributed by atoms with Gasteiger partial charge in [0.25, 0.3) is 17.5 Å². The molecule has 3 heterocycles. The van der Waals surface area contributed by atoms with E-state index < -0.39 is 38.3 Å². The minimum absolute atomic E-state index is 0.0276. The van der Waals surface area contributed by atoms with Crippen LogP contribution in [0.2, 0.25) is 0 Å². The Labute approximate surface area is 225 Å². The van der Waals surface area contributed by atoms with E-state index in [2.05, 4.69) is 21.2 Å². The van der Waals surface area contributed by atoms with Gasteiger partial charge in [-0.25, -0.2) is 0 Å². The lowest BCUT2D eigenvalue weighted by atomic mass is 9.91. The summed E-state index contributed by atoms with van der Waals surface area (Å²) in [6.07, 6.45) is 0. The Morgan fingerprint density at radius 1 is 1.27 bits per heavy atom. The van der Waals surface area contributed by atoms with E-state index >= 15 is 0 Å². The van der Waals surface area contributed by atoms with Crippen molar-refractivity contribution in [2.75, 3.05) is 26.1 Å². The average Bonchev–Trinajstić information content (AvgIpc) is 3.30. The average molecular weight is 594 g/mol. The number of non-ortho nitro benzene ring substituents is 1. The highest BCUT2D eigenvalue weighted by Crippen LogP contribution is 2.57. The summed E-state index contributed by atoms with van der Waals surface area (Å²) in [6.45, 7) is 1.65. The maximum absolute atomic E-state index is 13.4. The molecule has 3 aliphatic rings. The summed E-state index contributed by atoms with van der Waals surface area (Å²) in [5.41, 5.74) is -0.944. The first-order valence-corrected chi connectivity index (χ1v) is 13.2. The number of para-hydroxylation sites is 1. The quantitative estimate of drug-likeness (QED) is 0.223. The molecule has 0 unspecified atom stereocenters. The lowest BCUT2D eigenvalue weighted by Gasteiger charge is -2.61. The maximum Gasteiger partial charge on any atom is 0.314 e. The number of amides is 2. The second-order valence-electron chi connectivity index (χ2n) is 8.99. The summed E-state index contributed by atoms with van der Waals surface area (Å²) < 4.78 is 22.9. The van der Waals surface area contributed by atoms with Crippen LogP contribution >= 0.6 is 27.7 Å². The second kappa shape index (κ2) is 9.55. The molecular formula is C24H24BrN3O8S. The maximum atomic E-state index is 13.4. The molecule has 3 saturated heterocycles. The third kappa shape index (κ3) is 4.28. The molecule has 0 aliphatic carbocycles. The monoisotopic (exact) mass is 593 g/mol. The number of nitrogens with zero attached hydrogens (tertiary/aromatic N) is 2. The van der Waals surface area contributed by atoms with Gasteiger partial charge in [-0.1, -0.05) is 34.1 Å². The number of thioether (sulfide) groups is 1. The van der Waals surface area contributed by atoms with Crippen LogP contribution in [0.15, 0.2) is 54.6 Å². The Hall–Kier alpha value is -2.71. The number of nitrogens with one attached hydrogen (secondary N) is 1. The van der Waals surface area contributed by atoms with E-state index in [4.69, 9.17) is 18.9 Å². The molecule has 0 radical (unpaired) electrons. The fourth-order valence-electron chi connectivity index (χ4n) is 4.64. The molecule has 196 valence electrons. The van der Waals surface area contributed by atoms with E-state index in [-0.39, 0.29) is 24.8 Å². The number of β-lactam (4-membered cyclic amide) rings is 1. The lowest BCUT2D eigenvalue weighted by Crippen LogP contribution is -2.82. The molecule has 1 spiro atoms. The molecule has 2 aromatic carbocycles. The number of hydrogen-bond acceptors (Lipinski definition) is 9. The standard InChI is InChI=1S/C24H24BrN3O8S/c1-22(25)14-37-21-19(26-18(29)12-34-17-6-4-3-5-7-17)20(30)27(21)23(22)13-35-24(33-2,36-23)15-8-10-16(11-9-15)28(31)32/h3-11,19,21H,12-14H2,1-2H3,(H,26,29)/t19-,21-,22-,23+,24-/m1/s1. The SMILES string of the molecule is CO[C@]1(c2ccc([N+](=O)[O-])cc2)OC[C@@]2(O1)N1C(=O)[C@@H](NC(=O)COc3ccccc3)[C@H]1SC[C@@]2(C)Br. The number of alkyl halides is 1. The number of nitro groups is 1. The van der Waals surface area contributed by atoms with Crippen molar-refractivity contribution in [2.45, 2.75) is 34.4 Å². The Kier molecular flexibility index (Phi) is 6.69. The molecule has 0 bridgehead atoms. The van der Waals surface area contributed by atoms with E-state index in [1.807, 2.05) is 13.0 Å². The molecule has 1 N–H and O–H groups in total. The zero-order chi connectivity index (χ0) is 26.4. The number of carbonyl (C=O) groups excluding carboxylic acids is 2. The summed E-state index contributed by atoms with van der Waals surface area (Å²) in [5, 5.41) is 13.4. The van der Waals surface area contributed by atoms with Crippen molar-refractivity contribution < 1.29 is 33.5 Å². The Morgan fingerprint density at radius 2 is 1.97 bits per heavy atom. The zero-order valence-corrected chi connectivity index (χ0v) is 22.3. The molecule has 11 nitrogen and oxygen atoms in total. The van der Waals surface area contributed by atoms with Crippen LogP contribution in [0.1, 0.15) is 12.5 Å². The van der Waals surface area contributed by atoms with Crippen LogP contribution in [0, 0.1) is 10.1 Å². The van der Waals surface area contributed by atoms with Gasteiger partial charge in [0, 0.05) is 30.6 Å². The van der Waals surface area contributed by atoms with Gasteiger partial charge < -0.3 is 19.5 Å². The molecule has 0 saturated carbocycles. The van der Waals surface area contributed by atoms with E-state index in [9.17, 15) is 19.7 Å². The number of methoxy groups -OCH3 is 1. The van der Waals surface area contributed by atoms with Gasteiger partial charge in [-0.15, -0.1) is 11.8 Å². The van der Waals surface area contributed by atoms with Gasteiger partial charge in [0.05, 0.1) is 9.25 Å². The van der Waals surface area contributed by atoms with Gasteiger partial charge in [-0.3, -0.25) is 29.3 Å². The smallest absolute Gasteiger partial charge is 0.314 e. The van der Waals surface area contributed by atoms with Crippen molar-refractivity contribution in [2.24, 2.45) is 0 Å². The summed E-state index contributed by atoms with van der Waals surface area (Å²) >= 11 is 5.25. The number of halogens is 1.